The summed E-state index contributed by atoms with van der Waals surface area (Å²) in [5.41, 5.74) is 0. The average molecular weight is 428 g/mol. The second-order valence-corrected chi connectivity index (χ2v) is 0. The fourth-order valence-corrected chi connectivity index (χ4v) is 0. The fraction of sp³-hybridized carbons (Fsp3) is 0. The molecule has 0 heterocycles. The van der Waals surface area contributed by atoms with Crippen molar-refractivity contribution >= 4 is 51.4 Å². The van der Waals surface area contributed by atoms with E-state index in [0.717, 1.165) is 0 Å². The number of hydrogen-bond donors (Lipinski definition) is 0. The minimum absolute atomic E-state index is 0. The molecule has 1 radical (unpaired) electrons. The Kier molecular flexibility index (Phi) is 111. The van der Waals surface area contributed by atoms with E-state index in [-0.39, 0.29) is 85.5 Å². The molecule has 0 bridgehead atoms. The van der Waals surface area contributed by atoms with Crippen molar-refractivity contribution < 1.29 is 68.6 Å². The van der Waals surface area contributed by atoms with E-state index in [9.17, 15) is 0 Å². The van der Waals surface area contributed by atoms with Gasteiger partial charge in [-0.1, -0.05) is 0 Å². The molecule has 5 heteroatoms. The van der Waals surface area contributed by atoms with Crippen molar-refractivity contribution in [1.82, 2.24) is 0 Å². The van der Waals surface area contributed by atoms with Gasteiger partial charge in [0.15, 0.2) is 0 Å². The van der Waals surface area contributed by atoms with Crippen molar-refractivity contribution in [3.8, 4) is 0 Å². The van der Waals surface area contributed by atoms with Gasteiger partial charge < -0.3 is 0 Å². The molecule has 0 amide bonds. The summed E-state index contributed by atoms with van der Waals surface area (Å²) in [7, 11) is 0. The summed E-state index contributed by atoms with van der Waals surface area (Å²) in [6.45, 7) is 0. The first kappa shape index (κ1) is 23.0. The summed E-state index contributed by atoms with van der Waals surface area (Å²) in [6, 6.07) is 0. The Morgan fingerprint density at radius 1 is 1.20 bits per heavy atom. The maximum absolute atomic E-state index is 2.06. The molecule has 0 nitrogen and oxygen atoms in total. The van der Waals surface area contributed by atoms with E-state index in [4.69, 9.17) is 0 Å². The topological polar surface area (TPSA) is 0 Å². The summed E-state index contributed by atoms with van der Waals surface area (Å²) in [6.07, 6.45) is 0. The van der Waals surface area contributed by atoms with Gasteiger partial charge in [0, 0.05) is 34.1 Å². The van der Waals surface area contributed by atoms with Crippen LogP contribution in [-0.4, -0.2) is 51.4 Å². The van der Waals surface area contributed by atoms with E-state index in [1.54, 1.807) is 0 Å². The van der Waals surface area contributed by atoms with Gasteiger partial charge in [0.1, 0.15) is 0 Å². The molecular formula is HFeKMnMoTa. The molecule has 0 aromatic carbocycles. The van der Waals surface area contributed by atoms with E-state index in [1.807, 2.05) is 0 Å². The van der Waals surface area contributed by atoms with Crippen LogP contribution >= 0.6 is 0 Å². The van der Waals surface area contributed by atoms with Crippen LogP contribution in [0.5, 0.6) is 0 Å². The fourth-order valence-electron chi connectivity index (χ4n) is 0. The second-order valence-electron chi connectivity index (χ2n) is 0. The molecule has 0 aromatic rings. The molecule has 0 rings (SSSR count). The standard InChI is InChI=1S/Fe.K.Mn.Mo.Ta.H. The van der Waals surface area contributed by atoms with Gasteiger partial charge >= 0.3 is 85.9 Å². The Morgan fingerprint density at radius 3 is 1.20 bits per heavy atom. The van der Waals surface area contributed by atoms with Crippen LogP contribution in [0, 0.1) is 0 Å². The Morgan fingerprint density at radius 2 is 1.20 bits per heavy atom. The van der Waals surface area contributed by atoms with Crippen LogP contribution in [0.1, 0.15) is 0 Å². The first-order chi connectivity index (χ1) is 1.00. The molecular weight excluding hydrogens is 427 g/mol. The molecule has 0 saturated heterocycles. The van der Waals surface area contributed by atoms with Crippen LogP contribution < -0.4 is 0 Å². The van der Waals surface area contributed by atoms with Gasteiger partial charge in [0.2, 0.25) is 0 Å². The van der Waals surface area contributed by atoms with Gasteiger partial charge in [-0.3, -0.25) is 0 Å². The van der Waals surface area contributed by atoms with Gasteiger partial charge in [0.05, 0.1) is 0 Å². The first-order valence-electron chi connectivity index (χ1n) is 0.183. The third kappa shape index (κ3) is 17.9. The zero-order chi connectivity index (χ0) is 2.00. The Hall–Kier alpha value is 4.10. The Bertz CT molecular complexity index is 11.6. The van der Waals surface area contributed by atoms with Crippen LogP contribution in [0.25, 0.3) is 0 Å². The number of hydrogen-bond acceptors (Lipinski definition) is 0. The van der Waals surface area contributed by atoms with Gasteiger partial charge in [0.25, 0.3) is 0 Å². The summed E-state index contributed by atoms with van der Waals surface area (Å²) in [5.74, 6) is 0. The van der Waals surface area contributed by atoms with Gasteiger partial charge in [-0.05, 0) is 0 Å². The normalized spacial score (nSPS) is 0.800. The van der Waals surface area contributed by atoms with E-state index < -0.39 is 0 Å². The molecule has 0 aromatic heterocycles. The zero-order valence-corrected chi connectivity index (χ0v) is 9.09. The van der Waals surface area contributed by atoms with Crippen molar-refractivity contribution in [2.24, 2.45) is 0 Å². The molecule has 0 unspecified atom stereocenters. The van der Waals surface area contributed by atoms with Gasteiger partial charge in [-0.25, -0.2) is 0 Å². The van der Waals surface area contributed by atoms with Crippen LogP contribution in [0.4, 0.5) is 0 Å². The van der Waals surface area contributed by atoms with E-state index in [1.165, 1.54) is 18.0 Å². The van der Waals surface area contributed by atoms with Crippen LogP contribution in [0.15, 0.2) is 0 Å². The maximum atomic E-state index is 2.06. The quantitative estimate of drug-likeness (QED) is 0.451. The average Bonchev–Trinajstić information content (AvgIpc) is 1.00. The zero-order valence-electron chi connectivity index (χ0n) is 1.59. The molecule has 0 saturated carbocycles. The van der Waals surface area contributed by atoms with Crippen LogP contribution in [0.3, 0.4) is 0 Å². The third-order valence-electron chi connectivity index (χ3n) is 0. The molecule has 5 heavy (non-hydrogen) atoms. The predicted octanol–water partition coefficient (Wildman–Crippen LogP) is -0.659. The van der Waals surface area contributed by atoms with Crippen LogP contribution in [-0.2, 0) is 68.6 Å². The monoisotopic (exact) mass is 430 g/mol. The molecule has 0 aliphatic heterocycles. The van der Waals surface area contributed by atoms with Crippen molar-refractivity contribution in [1.29, 1.82) is 0 Å². The molecule has 0 N–H and O–H groups in total. The molecule has 0 aliphatic rings. The van der Waals surface area contributed by atoms with Crippen molar-refractivity contribution in [2.75, 3.05) is 0 Å². The van der Waals surface area contributed by atoms with E-state index >= 15 is 0 Å². The molecule has 0 spiro atoms. The Labute approximate surface area is 117 Å². The van der Waals surface area contributed by atoms with Crippen LogP contribution in [0.2, 0.25) is 0 Å². The van der Waals surface area contributed by atoms with Gasteiger partial charge in [-0.2, -0.15) is 0 Å². The Balaban J connectivity index is -0.00000000167. The van der Waals surface area contributed by atoms with Crippen molar-refractivity contribution in [3.05, 3.63) is 0 Å². The summed E-state index contributed by atoms with van der Waals surface area (Å²) in [4.78, 5) is 0. The van der Waals surface area contributed by atoms with E-state index in [2.05, 4.69) is 16.5 Å². The molecule has 0 aliphatic carbocycles. The van der Waals surface area contributed by atoms with Gasteiger partial charge in [-0.15, -0.1) is 0 Å². The third-order valence-corrected chi connectivity index (χ3v) is 0. The first-order valence-corrected chi connectivity index (χ1v) is 8.84. The molecule has 0 atom stereocenters. The second kappa shape index (κ2) is 24.3. The summed E-state index contributed by atoms with van der Waals surface area (Å²) < 4.78 is 0. The predicted molar refractivity (Wildman–Crippen MR) is 7.15 cm³/mol. The van der Waals surface area contributed by atoms with Crippen molar-refractivity contribution in [2.45, 2.75) is 0 Å². The van der Waals surface area contributed by atoms with E-state index in [0.29, 0.717) is 0 Å². The minimum atomic E-state index is 0. The molecule has 28 valence electrons. The molecule has 0 fully saturated rings. The SMILES string of the molecule is [Fe].[KH].[Mn].[Mo][Ta]. The summed E-state index contributed by atoms with van der Waals surface area (Å²) in [5, 5.41) is 0. The summed E-state index contributed by atoms with van der Waals surface area (Å²) >= 11 is 3.52. The number of rotatable bonds is 0. The van der Waals surface area contributed by atoms with Crippen molar-refractivity contribution in [3.63, 3.8) is 0 Å².